The minimum absolute atomic E-state index is 0.761. The smallest absolute Gasteiger partial charge is 0.00670 e. The first-order chi connectivity index (χ1) is 8.65. The Balaban J connectivity index is 2.30. The van der Waals surface area contributed by atoms with Gasteiger partial charge in [0.15, 0.2) is 0 Å². The largest absolute Gasteiger partial charge is 0.314 e. The Labute approximate surface area is 114 Å². The fourth-order valence-electron chi connectivity index (χ4n) is 3.32. The fraction of sp³-hybridized carbons (Fsp3) is 0.882. The maximum absolute atomic E-state index is 3.84. The molecule has 1 N–H and O–H groups in total. The first kappa shape index (κ1) is 15.8. The highest BCUT2D eigenvalue weighted by molar-refractivity contribution is 5.06. The van der Waals surface area contributed by atoms with Gasteiger partial charge in [-0.05, 0) is 51.0 Å². The molecule has 0 heterocycles. The Morgan fingerprint density at radius 1 is 1.28 bits per heavy atom. The molecule has 0 aromatic carbocycles. The summed E-state index contributed by atoms with van der Waals surface area (Å²) in [5, 5.41) is 3.84. The molecule has 18 heavy (non-hydrogen) atoms. The van der Waals surface area contributed by atoms with Crippen LogP contribution in [0.4, 0.5) is 0 Å². The van der Waals surface area contributed by atoms with Crippen molar-refractivity contribution in [2.45, 2.75) is 78.7 Å². The zero-order valence-corrected chi connectivity index (χ0v) is 13.0. The molecule has 0 bridgehead atoms. The molecule has 0 fully saturated rings. The second-order valence-electron chi connectivity index (χ2n) is 6.33. The van der Waals surface area contributed by atoms with E-state index >= 15 is 0 Å². The highest BCUT2D eigenvalue weighted by Crippen LogP contribution is 2.27. The van der Waals surface area contributed by atoms with Gasteiger partial charge in [0.05, 0.1) is 0 Å². The van der Waals surface area contributed by atoms with E-state index in [0.717, 1.165) is 17.9 Å². The van der Waals surface area contributed by atoms with E-state index in [9.17, 15) is 0 Å². The molecule has 1 aliphatic carbocycles. The Hall–Kier alpha value is -0.300. The van der Waals surface area contributed by atoms with Gasteiger partial charge in [0.25, 0.3) is 0 Å². The van der Waals surface area contributed by atoms with Gasteiger partial charge in [-0.15, -0.1) is 0 Å². The average Bonchev–Trinajstić information content (AvgIpc) is 2.31. The molecule has 1 heteroatoms. The summed E-state index contributed by atoms with van der Waals surface area (Å²) in [5.41, 5.74) is 1.60. The average molecular weight is 251 g/mol. The Morgan fingerprint density at radius 2 is 2.06 bits per heavy atom. The highest BCUT2D eigenvalue weighted by atomic mass is 14.9. The second-order valence-corrected chi connectivity index (χ2v) is 6.33. The number of allylic oxidation sites excluding steroid dienone is 2. The molecule has 3 atom stereocenters. The van der Waals surface area contributed by atoms with E-state index < -0.39 is 0 Å². The van der Waals surface area contributed by atoms with Crippen molar-refractivity contribution in [2.24, 2.45) is 11.8 Å². The summed E-state index contributed by atoms with van der Waals surface area (Å²) in [7, 11) is 0. The molecule has 0 aliphatic heterocycles. The predicted octanol–water partition coefficient (Wildman–Crippen LogP) is 4.93. The van der Waals surface area contributed by atoms with Crippen LogP contribution in [-0.2, 0) is 0 Å². The number of nitrogens with one attached hydrogen (secondary N) is 1. The number of rotatable bonds is 8. The number of hydrogen-bond donors (Lipinski definition) is 1. The van der Waals surface area contributed by atoms with Gasteiger partial charge in [-0.3, -0.25) is 0 Å². The van der Waals surface area contributed by atoms with Crippen molar-refractivity contribution in [3.63, 3.8) is 0 Å². The minimum Gasteiger partial charge on any atom is -0.314 e. The Bertz CT molecular complexity index is 244. The summed E-state index contributed by atoms with van der Waals surface area (Å²) in [6, 6.07) is 0.761. The molecule has 0 spiro atoms. The highest BCUT2D eigenvalue weighted by Gasteiger charge is 2.18. The van der Waals surface area contributed by atoms with Gasteiger partial charge in [0, 0.05) is 6.04 Å². The summed E-state index contributed by atoms with van der Waals surface area (Å²) < 4.78 is 0. The van der Waals surface area contributed by atoms with Crippen molar-refractivity contribution < 1.29 is 0 Å². The molecule has 1 rings (SSSR count). The number of unbranched alkanes of at least 4 members (excludes halogenated alkanes) is 1. The third-order valence-corrected chi connectivity index (χ3v) is 4.12. The summed E-state index contributed by atoms with van der Waals surface area (Å²) >= 11 is 0. The normalized spacial score (nSPS) is 25.9. The van der Waals surface area contributed by atoms with Gasteiger partial charge in [-0.25, -0.2) is 0 Å². The lowest BCUT2D eigenvalue weighted by molar-refractivity contribution is 0.341. The van der Waals surface area contributed by atoms with Gasteiger partial charge in [-0.2, -0.15) is 0 Å². The third kappa shape index (κ3) is 6.04. The standard InChI is InChI=1S/C17H33N/c1-5-7-9-17(8-6-2)18-13-16-11-14(3)10-15(4)12-16/h10,14,16-18H,5-9,11-13H2,1-4H3. The zero-order chi connectivity index (χ0) is 13.4. The summed E-state index contributed by atoms with van der Waals surface area (Å²) in [5.74, 6) is 1.65. The van der Waals surface area contributed by atoms with Crippen molar-refractivity contribution >= 4 is 0 Å². The maximum Gasteiger partial charge on any atom is 0.00670 e. The van der Waals surface area contributed by atoms with Crippen molar-refractivity contribution in [1.29, 1.82) is 0 Å². The fourth-order valence-corrected chi connectivity index (χ4v) is 3.32. The molecule has 1 nitrogen and oxygen atoms in total. The summed E-state index contributed by atoms with van der Waals surface area (Å²) in [6.45, 7) is 10.5. The Kier molecular flexibility index (Phi) is 7.65. The van der Waals surface area contributed by atoms with Crippen LogP contribution in [0, 0.1) is 11.8 Å². The van der Waals surface area contributed by atoms with E-state index in [1.54, 1.807) is 5.57 Å². The van der Waals surface area contributed by atoms with E-state index in [2.05, 4.69) is 39.1 Å². The van der Waals surface area contributed by atoms with Gasteiger partial charge in [0.1, 0.15) is 0 Å². The van der Waals surface area contributed by atoms with Crippen LogP contribution in [0.25, 0.3) is 0 Å². The van der Waals surface area contributed by atoms with Crippen LogP contribution in [0.15, 0.2) is 11.6 Å². The van der Waals surface area contributed by atoms with Crippen LogP contribution in [0.3, 0.4) is 0 Å². The molecule has 0 saturated heterocycles. The van der Waals surface area contributed by atoms with Crippen molar-refractivity contribution in [3.8, 4) is 0 Å². The van der Waals surface area contributed by atoms with Gasteiger partial charge < -0.3 is 5.32 Å². The van der Waals surface area contributed by atoms with Crippen molar-refractivity contribution in [2.75, 3.05) is 6.54 Å². The molecular weight excluding hydrogens is 218 g/mol. The quantitative estimate of drug-likeness (QED) is 0.603. The van der Waals surface area contributed by atoms with E-state index in [1.165, 1.54) is 51.5 Å². The molecule has 1 aliphatic rings. The van der Waals surface area contributed by atoms with E-state index in [1.807, 2.05) is 0 Å². The zero-order valence-electron chi connectivity index (χ0n) is 13.0. The van der Waals surface area contributed by atoms with Crippen LogP contribution >= 0.6 is 0 Å². The second kappa shape index (κ2) is 8.74. The van der Waals surface area contributed by atoms with Crippen LogP contribution < -0.4 is 5.32 Å². The first-order valence-corrected chi connectivity index (χ1v) is 8.06. The molecule has 0 aromatic heterocycles. The van der Waals surface area contributed by atoms with Gasteiger partial charge in [0.2, 0.25) is 0 Å². The van der Waals surface area contributed by atoms with Gasteiger partial charge in [-0.1, -0.05) is 51.7 Å². The lowest BCUT2D eigenvalue weighted by atomic mass is 9.83. The Morgan fingerprint density at radius 3 is 2.67 bits per heavy atom. The molecule has 0 radical (unpaired) electrons. The van der Waals surface area contributed by atoms with E-state index in [-0.39, 0.29) is 0 Å². The topological polar surface area (TPSA) is 12.0 Å². The van der Waals surface area contributed by atoms with Crippen molar-refractivity contribution in [3.05, 3.63) is 11.6 Å². The maximum atomic E-state index is 3.84. The minimum atomic E-state index is 0.761. The van der Waals surface area contributed by atoms with Crippen molar-refractivity contribution in [1.82, 2.24) is 5.32 Å². The predicted molar refractivity (Wildman–Crippen MR) is 81.9 cm³/mol. The molecule has 106 valence electrons. The number of hydrogen-bond acceptors (Lipinski definition) is 1. The van der Waals surface area contributed by atoms with E-state index in [0.29, 0.717) is 0 Å². The molecule has 3 unspecified atom stereocenters. The van der Waals surface area contributed by atoms with Crippen LogP contribution in [0.1, 0.15) is 72.6 Å². The SMILES string of the molecule is CCCCC(CCC)NCC1CC(C)=CC(C)C1. The molecule has 0 saturated carbocycles. The van der Waals surface area contributed by atoms with Gasteiger partial charge >= 0.3 is 0 Å². The van der Waals surface area contributed by atoms with E-state index in [4.69, 9.17) is 0 Å². The summed E-state index contributed by atoms with van der Waals surface area (Å²) in [4.78, 5) is 0. The van der Waals surface area contributed by atoms with Crippen LogP contribution in [0.2, 0.25) is 0 Å². The first-order valence-electron chi connectivity index (χ1n) is 8.06. The summed E-state index contributed by atoms with van der Waals surface area (Å²) in [6.07, 6.45) is 11.8. The third-order valence-electron chi connectivity index (χ3n) is 4.12. The monoisotopic (exact) mass is 251 g/mol. The lowest BCUT2D eigenvalue weighted by Gasteiger charge is -2.28. The molecule has 0 aromatic rings. The molecule has 0 amide bonds. The van der Waals surface area contributed by atoms with Crippen LogP contribution in [0.5, 0.6) is 0 Å². The lowest BCUT2D eigenvalue weighted by Crippen LogP contribution is -2.34. The van der Waals surface area contributed by atoms with Crippen LogP contribution in [-0.4, -0.2) is 12.6 Å². The molecular formula is C17H33N.